The van der Waals surface area contributed by atoms with Gasteiger partial charge in [0.05, 0.1) is 26.8 Å². The van der Waals surface area contributed by atoms with Crippen molar-refractivity contribution in [1.29, 1.82) is 0 Å². The molecule has 0 aliphatic carbocycles. The molecule has 0 aromatic heterocycles. The maximum Gasteiger partial charge on any atom is 0.330 e. The molecular formula is C26H47NO6P+. The average molecular weight is 501 g/mol. The lowest BCUT2D eigenvalue weighted by Crippen LogP contribution is -2.80. The summed E-state index contributed by atoms with van der Waals surface area (Å²) in [6.45, 7) is 5.58. The summed E-state index contributed by atoms with van der Waals surface area (Å²) in [5.74, 6) is 0.466. The van der Waals surface area contributed by atoms with Gasteiger partial charge in [-0.1, -0.05) is 76.8 Å². The number of carbonyl (C=O) groups is 1. The van der Waals surface area contributed by atoms with Crippen LogP contribution in [0.1, 0.15) is 83.6 Å². The van der Waals surface area contributed by atoms with E-state index >= 15 is 0 Å². The van der Waals surface area contributed by atoms with Gasteiger partial charge in [0.25, 0.3) is 0 Å². The van der Waals surface area contributed by atoms with Crippen LogP contribution in [0.5, 0.6) is 5.75 Å². The van der Waals surface area contributed by atoms with Crippen molar-refractivity contribution in [3.05, 3.63) is 29.8 Å². The molecule has 0 spiro atoms. The first-order chi connectivity index (χ1) is 16.5. The molecular weight excluding hydrogens is 453 g/mol. The monoisotopic (exact) mass is 500 g/mol. The average Bonchev–Trinajstić information content (AvgIpc) is 2.82. The maximum atomic E-state index is 11.4. The molecule has 8 heteroatoms. The van der Waals surface area contributed by atoms with E-state index in [2.05, 4.69) is 6.92 Å². The van der Waals surface area contributed by atoms with E-state index < -0.39 is 14.7 Å². The van der Waals surface area contributed by atoms with Crippen molar-refractivity contribution in [3.63, 3.8) is 0 Å². The summed E-state index contributed by atoms with van der Waals surface area (Å²) in [5, 5.41) is 1.95. The minimum Gasteiger partial charge on any atom is -0.494 e. The lowest BCUT2D eigenvalue weighted by atomic mass is 10.1. The molecule has 1 rings (SSSR count). The Morgan fingerprint density at radius 2 is 1.56 bits per heavy atom. The number of nitrogens with two attached hydrogens (primary N) is 1. The van der Waals surface area contributed by atoms with Gasteiger partial charge < -0.3 is 28.7 Å². The van der Waals surface area contributed by atoms with Crippen LogP contribution in [0.15, 0.2) is 24.3 Å². The Kier molecular flexibility index (Phi) is 19.1. The van der Waals surface area contributed by atoms with Crippen LogP contribution in [0.3, 0.4) is 0 Å². The van der Waals surface area contributed by atoms with Crippen LogP contribution < -0.4 is 10.1 Å². The third kappa shape index (κ3) is 17.2. The maximum absolute atomic E-state index is 11.4. The smallest absolute Gasteiger partial charge is 0.330 e. The van der Waals surface area contributed by atoms with Crippen molar-refractivity contribution in [2.45, 2.75) is 90.6 Å². The molecule has 0 saturated carbocycles. The van der Waals surface area contributed by atoms with E-state index in [-0.39, 0.29) is 12.6 Å². The number of ether oxygens (including phenoxy) is 2. The van der Waals surface area contributed by atoms with Crippen LogP contribution >= 0.6 is 8.60 Å². The van der Waals surface area contributed by atoms with E-state index in [0.717, 1.165) is 30.9 Å². The van der Waals surface area contributed by atoms with Crippen LogP contribution in [-0.2, 0) is 25.0 Å². The zero-order valence-electron chi connectivity index (χ0n) is 21.5. The highest BCUT2D eigenvalue weighted by Gasteiger charge is 2.17. The first-order valence-corrected chi connectivity index (χ1v) is 14.1. The standard InChI is InChI=1S/C26H46NO6P/c1-4-5-6-7-8-9-10-11-12-13-19-30-25-16-14-24(15-17-25)21-26(33-23(2)28)22-32-34(29)31-20-18-27-3/h14-17,26-27,29H,4-13,18-22H2,1-3H3/p+1. The highest BCUT2D eigenvalue weighted by molar-refractivity contribution is 7.40. The van der Waals surface area contributed by atoms with Gasteiger partial charge in [-0.05, 0) is 24.1 Å². The van der Waals surface area contributed by atoms with Gasteiger partial charge >= 0.3 is 14.6 Å². The van der Waals surface area contributed by atoms with Gasteiger partial charge in [0, 0.05) is 13.3 Å². The minimum absolute atomic E-state index is 0.0780. The van der Waals surface area contributed by atoms with E-state index in [9.17, 15) is 9.69 Å². The fraction of sp³-hybridized carbons (Fsp3) is 0.731. The first-order valence-electron chi connectivity index (χ1n) is 13.0. The van der Waals surface area contributed by atoms with Crippen LogP contribution in [0.4, 0.5) is 0 Å². The normalized spacial score (nSPS) is 12.9. The second-order valence-corrected chi connectivity index (χ2v) is 9.67. The highest BCUT2D eigenvalue weighted by Crippen LogP contribution is 2.32. The van der Waals surface area contributed by atoms with Crippen molar-refractivity contribution in [2.24, 2.45) is 0 Å². The predicted molar refractivity (Wildman–Crippen MR) is 137 cm³/mol. The molecule has 34 heavy (non-hydrogen) atoms. The van der Waals surface area contributed by atoms with E-state index in [1.165, 1.54) is 64.7 Å². The number of quaternary nitrogens is 1. The lowest BCUT2D eigenvalue weighted by molar-refractivity contribution is -0.627. The predicted octanol–water partition coefficient (Wildman–Crippen LogP) is 4.91. The molecule has 0 bridgehead atoms. The third-order valence-electron chi connectivity index (χ3n) is 5.47. The highest BCUT2D eigenvalue weighted by atomic mass is 31.2. The molecule has 0 aliphatic heterocycles. The molecule has 0 saturated heterocycles. The van der Waals surface area contributed by atoms with Crippen molar-refractivity contribution in [3.8, 4) is 5.75 Å². The largest absolute Gasteiger partial charge is 0.494 e. The van der Waals surface area contributed by atoms with Gasteiger partial charge in [0.1, 0.15) is 18.5 Å². The summed E-state index contributed by atoms with van der Waals surface area (Å²) in [6, 6.07) is 7.83. The third-order valence-corrected chi connectivity index (χ3v) is 6.24. The van der Waals surface area contributed by atoms with Crippen LogP contribution in [0.2, 0.25) is 0 Å². The molecule has 1 aromatic rings. The number of likely N-dealkylation sites (N-methyl/N-ethyl adjacent to an activating group) is 1. The summed E-state index contributed by atoms with van der Waals surface area (Å²) in [7, 11) is -0.0528. The summed E-state index contributed by atoms with van der Waals surface area (Å²) in [4.78, 5) is 21.3. The SMILES string of the molecule is CCCCCCCCCCCCOc1ccc(CC(COP(O)OCC[NH2+]C)OC(C)=O)cc1. The van der Waals surface area contributed by atoms with Gasteiger partial charge in [-0.3, -0.25) is 4.79 Å². The number of benzene rings is 1. The number of carbonyl (C=O) groups excluding carboxylic acids is 1. The second kappa shape index (κ2) is 21.1. The van der Waals surface area contributed by atoms with E-state index in [4.69, 9.17) is 18.5 Å². The number of hydrogen-bond acceptors (Lipinski definition) is 6. The molecule has 196 valence electrons. The van der Waals surface area contributed by atoms with Crippen LogP contribution in [0.25, 0.3) is 0 Å². The zero-order chi connectivity index (χ0) is 24.9. The zero-order valence-corrected chi connectivity index (χ0v) is 22.4. The van der Waals surface area contributed by atoms with E-state index in [1.807, 2.05) is 36.6 Å². The van der Waals surface area contributed by atoms with Gasteiger partial charge in [-0.2, -0.15) is 0 Å². The molecule has 2 atom stereocenters. The molecule has 0 fully saturated rings. The molecule has 0 aliphatic rings. The second-order valence-electron chi connectivity index (χ2n) is 8.67. The van der Waals surface area contributed by atoms with Crippen LogP contribution in [0, 0.1) is 0 Å². The van der Waals surface area contributed by atoms with Crippen molar-refractivity contribution >= 4 is 14.6 Å². The summed E-state index contributed by atoms with van der Waals surface area (Å²) in [6.07, 6.45) is 13.1. The van der Waals surface area contributed by atoms with Gasteiger partial charge in [-0.15, -0.1) is 0 Å². The molecule has 3 N–H and O–H groups in total. The summed E-state index contributed by atoms with van der Waals surface area (Å²) >= 11 is 0. The van der Waals surface area contributed by atoms with Crippen LogP contribution in [-0.4, -0.2) is 50.4 Å². The first kappa shape index (κ1) is 30.8. The minimum atomic E-state index is -1.98. The molecule has 2 unspecified atom stereocenters. The van der Waals surface area contributed by atoms with Crippen molar-refractivity contribution in [1.82, 2.24) is 0 Å². The number of esters is 1. The Morgan fingerprint density at radius 1 is 0.941 bits per heavy atom. The van der Waals surface area contributed by atoms with Gasteiger partial charge in [0.15, 0.2) is 0 Å². The van der Waals surface area contributed by atoms with Crippen molar-refractivity contribution in [2.75, 3.05) is 33.4 Å². The molecule has 0 heterocycles. The lowest BCUT2D eigenvalue weighted by Gasteiger charge is -2.19. The van der Waals surface area contributed by atoms with E-state index in [0.29, 0.717) is 13.0 Å². The summed E-state index contributed by atoms with van der Waals surface area (Å²) < 4.78 is 21.8. The molecule has 0 radical (unpaired) electrons. The number of hydrogen-bond donors (Lipinski definition) is 2. The Balaban J connectivity index is 2.24. The number of unbranched alkanes of at least 4 members (excludes halogenated alkanes) is 9. The van der Waals surface area contributed by atoms with Gasteiger partial charge in [0.2, 0.25) is 0 Å². The Morgan fingerprint density at radius 3 is 2.15 bits per heavy atom. The fourth-order valence-electron chi connectivity index (χ4n) is 3.57. The Bertz CT molecular complexity index is 616. The van der Waals surface area contributed by atoms with E-state index in [1.54, 1.807) is 0 Å². The Labute approximate surface area is 207 Å². The molecule has 7 nitrogen and oxygen atoms in total. The number of rotatable bonds is 22. The van der Waals surface area contributed by atoms with Crippen molar-refractivity contribution < 1.29 is 33.5 Å². The van der Waals surface area contributed by atoms with Gasteiger partial charge in [-0.25, -0.2) is 0 Å². The summed E-state index contributed by atoms with van der Waals surface area (Å²) in [5.41, 5.74) is 1.00. The molecule has 1 aromatic carbocycles. The Hall–Kier alpha value is -1.24. The topological polar surface area (TPSA) is 90.8 Å². The quantitative estimate of drug-likeness (QED) is 0.134. The fourth-order valence-corrected chi connectivity index (χ4v) is 4.20. The molecule has 0 amide bonds.